The molecule has 4 aliphatic rings. The number of carbonyl (C=O) groups excluding carboxylic acids is 1. The molecule has 27 heavy (non-hydrogen) atoms. The highest BCUT2D eigenvalue weighted by atomic mass is 16.7. The van der Waals surface area contributed by atoms with Crippen molar-refractivity contribution in [2.75, 3.05) is 6.61 Å². The Kier molecular flexibility index (Phi) is 4.12. The molecule has 1 unspecified atom stereocenters. The van der Waals surface area contributed by atoms with Gasteiger partial charge < -0.3 is 19.7 Å². The first-order chi connectivity index (χ1) is 12.5. The van der Waals surface area contributed by atoms with Crippen molar-refractivity contribution in [3.63, 3.8) is 0 Å². The van der Waals surface area contributed by atoms with E-state index < -0.39 is 29.0 Å². The van der Waals surface area contributed by atoms with Crippen LogP contribution >= 0.6 is 0 Å². The molecule has 1 spiro atoms. The lowest BCUT2D eigenvalue weighted by atomic mass is 9.59. The number of Topliss-reactive ketones (excluding diaryl/α,β-unsaturated/α-hetero) is 1. The van der Waals surface area contributed by atoms with Gasteiger partial charge in [0.25, 0.3) is 0 Å². The molecule has 150 valence electrons. The molecule has 0 radical (unpaired) electrons. The molecule has 2 fully saturated rings. The molecule has 1 saturated carbocycles. The van der Waals surface area contributed by atoms with Crippen molar-refractivity contribution in [2.24, 2.45) is 29.1 Å². The van der Waals surface area contributed by atoms with Crippen LogP contribution < -0.4 is 0 Å². The Bertz CT molecular complexity index is 737. The highest BCUT2D eigenvalue weighted by molar-refractivity contribution is 5.94. The normalized spacial score (nSPS) is 51.5. The monoisotopic (exact) mass is 376 g/mol. The van der Waals surface area contributed by atoms with Gasteiger partial charge in [0.2, 0.25) is 0 Å². The van der Waals surface area contributed by atoms with Crippen LogP contribution in [0.4, 0.5) is 0 Å². The third-order valence-electron chi connectivity index (χ3n) is 7.76. The van der Waals surface area contributed by atoms with Crippen LogP contribution in [0.3, 0.4) is 0 Å². The number of hydrogen-bond acceptors (Lipinski definition) is 5. The summed E-state index contributed by atoms with van der Waals surface area (Å²) in [5, 5.41) is 23.3. The van der Waals surface area contributed by atoms with Crippen LogP contribution in [0.5, 0.6) is 0 Å². The fraction of sp³-hybridized carbons (Fsp3) is 0.773. The van der Waals surface area contributed by atoms with Crippen LogP contribution in [0, 0.1) is 29.1 Å². The van der Waals surface area contributed by atoms with E-state index in [9.17, 15) is 15.0 Å². The highest BCUT2D eigenvalue weighted by Crippen LogP contribution is 2.61. The van der Waals surface area contributed by atoms with Crippen molar-refractivity contribution < 1.29 is 24.5 Å². The lowest BCUT2D eigenvalue weighted by Crippen LogP contribution is -2.67. The zero-order valence-electron chi connectivity index (χ0n) is 17.2. The number of hydrogen-bond donors (Lipinski definition) is 2. The molecule has 0 aromatic rings. The number of ketones is 1. The van der Waals surface area contributed by atoms with Crippen LogP contribution in [0.15, 0.2) is 23.3 Å². The van der Waals surface area contributed by atoms with E-state index in [1.165, 1.54) is 0 Å². The zero-order chi connectivity index (χ0) is 19.9. The molecule has 1 aliphatic heterocycles. The van der Waals surface area contributed by atoms with Crippen molar-refractivity contribution in [1.29, 1.82) is 0 Å². The third kappa shape index (κ3) is 2.29. The Morgan fingerprint density at radius 3 is 2.56 bits per heavy atom. The zero-order valence-corrected chi connectivity index (χ0v) is 17.2. The summed E-state index contributed by atoms with van der Waals surface area (Å²) < 4.78 is 12.0. The molecule has 0 amide bonds. The van der Waals surface area contributed by atoms with Crippen LogP contribution in [-0.2, 0) is 14.3 Å². The molecule has 8 atom stereocenters. The van der Waals surface area contributed by atoms with Gasteiger partial charge in [0.1, 0.15) is 17.8 Å². The lowest BCUT2D eigenvalue weighted by Gasteiger charge is -2.52. The Hall–Kier alpha value is -1.01. The van der Waals surface area contributed by atoms with Gasteiger partial charge in [-0.25, -0.2) is 0 Å². The molecular weight excluding hydrogens is 344 g/mol. The molecule has 3 aliphatic carbocycles. The summed E-state index contributed by atoms with van der Waals surface area (Å²) in [7, 11) is 0. The smallest absolute Gasteiger partial charge is 0.164 e. The van der Waals surface area contributed by atoms with E-state index in [2.05, 4.69) is 13.8 Å². The van der Waals surface area contributed by atoms with E-state index in [1.807, 2.05) is 19.1 Å². The molecule has 5 heteroatoms. The van der Waals surface area contributed by atoms with Crippen LogP contribution in [0.1, 0.15) is 48.0 Å². The van der Waals surface area contributed by atoms with E-state index in [1.54, 1.807) is 20.8 Å². The van der Waals surface area contributed by atoms with Gasteiger partial charge in [0, 0.05) is 5.92 Å². The average Bonchev–Trinajstić information content (AvgIpc) is 2.72. The minimum absolute atomic E-state index is 0.00792. The summed E-state index contributed by atoms with van der Waals surface area (Å²) in [6.07, 6.45) is 2.72. The van der Waals surface area contributed by atoms with Crippen LogP contribution in [0.25, 0.3) is 0 Å². The predicted octanol–water partition coefficient (Wildman–Crippen LogP) is 2.61. The van der Waals surface area contributed by atoms with Gasteiger partial charge in [-0.2, -0.15) is 0 Å². The molecular formula is C22H32O5. The fourth-order valence-electron chi connectivity index (χ4n) is 6.05. The van der Waals surface area contributed by atoms with E-state index >= 15 is 0 Å². The van der Waals surface area contributed by atoms with E-state index in [4.69, 9.17) is 9.47 Å². The molecule has 0 aromatic carbocycles. The number of ether oxygens (including phenoxy) is 2. The minimum Gasteiger partial charge on any atom is -0.386 e. The summed E-state index contributed by atoms with van der Waals surface area (Å²) in [5.41, 5.74) is -1.46. The van der Waals surface area contributed by atoms with Gasteiger partial charge in [-0.1, -0.05) is 32.9 Å². The van der Waals surface area contributed by atoms with Crippen molar-refractivity contribution in [2.45, 2.75) is 71.6 Å². The average molecular weight is 376 g/mol. The second kappa shape index (κ2) is 5.76. The van der Waals surface area contributed by atoms with Gasteiger partial charge in [0.15, 0.2) is 11.6 Å². The first kappa shape index (κ1) is 19.3. The van der Waals surface area contributed by atoms with Crippen molar-refractivity contribution in [3.8, 4) is 0 Å². The van der Waals surface area contributed by atoms with Gasteiger partial charge in [-0.15, -0.1) is 0 Å². The first-order valence-corrected chi connectivity index (χ1v) is 10.1. The van der Waals surface area contributed by atoms with Gasteiger partial charge in [0.05, 0.1) is 12.0 Å². The molecule has 1 heterocycles. The molecule has 4 rings (SSSR count). The summed E-state index contributed by atoms with van der Waals surface area (Å²) >= 11 is 0. The fourth-order valence-corrected chi connectivity index (χ4v) is 6.05. The first-order valence-electron chi connectivity index (χ1n) is 10.1. The number of fused-ring (bicyclic) bond motifs is 3. The largest absolute Gasteiger partial charge is 0.386 e. The Morgan fingerprint density at radius 1 is 1.22 bits per heavy atom. The second-order valence-corrected chi connectivity index (χ2v) is 9.78. The second-order valence-electron chi connectivity index (χ2n) is 9.78. The van der Waals surface area contributed by atoms with Crippen molar-refractivity contribution in [3.05, 3.63) is 23.3 Å². The SMILES string of the molecule is CC1=C[C@]23C(=O)[C@@H](C=C4COC(C)(C)O[C@H]4[C@]2(O)C1O)[C@H](C)[C@H](C)C[C@H]3C. The van der Waals surface area contributed by atoms with Gasteiger partial charge >= 0.3 is 0 Å². The van der Waals surface area contributed by atoms with E-state index in [-0.39, 0.29) is 23.5 Å². The number of aliphatic hydroxyl groups excluding tert-OH is 1. The number of allylic oxidation sites excluding steroid dienone is 1. The third-order valence-corrected chi connectivity index (χ3v) is 7.76. The standard InChI is InChI=1S/C22H32O5/c1-11-7-13(3)21-9-12(2)17(23)22(21,25)19-15(10-26-20(5,6)27-19)8-16(14(11)4)18(21)24/h8-9,11,13-14,16-17,19,23,25H,7,10H2,1-6H3/t11-,13-,14-,16+,17?,19-,21+,22-/m1/s1. The molecule has 1 saturated heterocycles. The topological polar surface area (TPSA) is 76.0 Å². The Labute approximate surface area is 161 Å². The maximum absolute atomic E-state index is 14.0. The molecule has 2 bridgehead atoms. The summed E-state index contributed by atoms with van der Waals surface area (Å²) in [6, 6.07) is 0. The van der Waals surface area contributed by atoms with Crippen molar-refractivity contribution in [1.82, 2.24) is 0 Å². The number of carbonyl (C=O) groups is 1. The van der Waals surface area contributed by atoms with E-state index in [0.717, 1.165) is 12.0 Å². The van der Waals surface area contributed by atoms with Gasteiger partial charge in [-0.3, -0.25) is 4.79 Å². The Morgan fingerprint density at radius 2 is 1.89 bits per heavy atom. The number of rotatable bonds is 0. The van der Waals surface area contributed by atoms with E-state index in [0.29, 0.717) is 18.1 Å². The highest BCUT2D eigenvalue weighted by Gasteiger charge is 2.72. The lowest BCUT2D eigenvalue weighted by molar-refractivity contribution is -0.303. The maximum atomic E-state index is 14.0. The molecule has 5 nitrogen and oxygen atoms in total. The maximum Gasteiger partial charge on any atom is 0.164 e. The number of aliphatic hydroxyl groups is 2. The molecule has 2 N–H and O–H groups in total. The molecule has 0 aromatic heterocycles. The van der Waals surface area contributed by atoms with Crippen molar-refractivity contribution >= 4 is 5.78 Å². The van der Waals surface area contributed by atoms with Crippen LogP contribution in [-0.4, -0.2) is 46.2 Å². The van der Waals surface area contributed by atoms with Crippen LogP contribution in [0.2, 0.25) is 0 Å². The Balaban J connectivity index is 2.01. The quantitative estimate of drug-likeness (QED) is 0.636. The summed E-state index contributed by atoms with van der Waals surface area (Å²) in [5.74, 6) is -0.829. The summed E-state index contributed by atoms with van der Waals surface area (Å²) in [6.45, 7) is 12.0. The predicted molar refractivity (Wildman–Crippen MR) is 101 cm³/mol. The van der Waals surface area contributed by atoms with Gasteiger partial charge in [-0.05, 0) is 56.1 Å². The summed E-state index contributed by atoms with van der Waals surface area (Å²) in [4.78, 5) is 14.0. The minimum atomic E-state index is -1.72.